The normalized spacial score (nSPS) is 25.9. The lowest BCUT2D eigenvalue weighted by Gasteiger charge is -2.37. The summed E-state index contributed by atoms with van der Waals surface area (Å²) in [5.41, 5.74) is 2.76. The molecule has 0 spiro atoms. The first-order valence-electron chi connectivity index (χ1n) is 6.07. The van der Waals surface area contributed by atoms with Crippen LogP contribution >= 0.6 is 0 Å². The van der Waals surface area contributed by atoms with Crippen LogP contribution in [0.3, 0.4) is 0 Å². The predicted octanol–water partition coefficient (Wildman–Crippen LogP) is 1.36. The maximum Gasteiger partial charge on any atom is 0.0594 e. The van der Waals surface area contributed by atoms with E-state index in [0.717, 1.165) is 32.8 Å². The van der Waals surface area contributed by atoms with Gasteiger partial charge in [-0.2, -0.15) is 0 Å². The van der Waals surface area contributed by atoms with Crippen molar-refractivity contribution in [3.05, 3.63) is 29.8 Å². The number of rotatable bonds is 1. The van der Waals surface area contributed by atoms with Crippen LogP contribution in [0.2, 0.25) is 0 Å². The number of hydrogen-bond donors (Lipinski definition) is 1. The summed E-state index contributed by atoms with van der Waals surface area (Å²) in [5.74, 6) is 0. The van der Waals surface area contributed by atoms with Crippen LogP contribution in [0.4, 0.5) is 5.69 Å². The molecule has 0 bridgehead atoms. The summed E-state index contributed by atoms with van der Waals surface area (Å²) in [5, 5.41) is 3.53. The quantitative estimate of drug-likeness (QED) is 0.770. The molecule has 1 atom stereocenters. The zero-order valence-corrected chi connectivity index (χ0v) is 9.48. The number of nitrogens with zero attached hydrogens (tertiary/aromatic N) is 1. The minimum absolute atomic E-state index is 0.638. The second-order valence-electron chi connectivity index (χ2n) is 4.54. The third kappa shape index (κ3) is 1.93. The van der Waals surface area contributed by atoms with Crippen molar-refractivity contribution < 1.29 is 4.74 Å². The monoisotopic (exact) mass is 218 g/mol. The Morgan fingerprint density at radius 2 is 2.00 bits per heavy atom. The fraction of sp³-hybridized carbons (Fsp3) is 0.538. The van der Waals surface area contributed by atoms with Crippen molar-refractivity contribution in [2.45, 2.75) is 12.5 Å². The average molecular weight is 218 g/mol. The molecule has 3 rings (SSSR count). The van der Waals surface area contributed by atoms with E-state index in [1.165, 1.54) is 17.7 Å². The summed E-state index contributed by atoms with van der Waals surface area (Å²) in [6, 6.07) is 9.27. The largest absolute Gasteiger partial charge is 0.383 e. The summed E-state index contributed by atoms with van der Waals surface area (Å²) in [6.07, 6.45) is 1.17. The van der Waals surface area contributed by atoms with E-state index in [4.69, 9.17) is 4.74 Å². The summed E-state index contributed by atoms with van der Waals surface area (Å²) < 4.78 is 5.40. The molecule has 1 N–H and O–H groups in total. The number of morpholine rings is 1. The van der Waals surface area contributed by atoms with Gasteiger partial charge in [-0.1, -0.05) is 18.2 Å². The lowest BCUT2D eigenvalue weighted by atomic mass is 9.98. The number of fused-ring (bicyclic) bond motifs is 1. The number of nitrogens with one attached hydrogen (secondary N) is 1. The van der Waals surface area contributed by atoms with Crippen LogP contribution in [0.25, 0.3) is 0 Å². The van der Waals surface area contributed by atoms with E-state index in [9.17, 15) is 0 Å². The maximum atomic E-state index is 5.40. The van der Waals surface area contributed by atoms with Crippen LogP contribution in [0.5, 0.6) is 0 Å². The number of hydrogen-bond acceptors (Lipinski definition) is 3. The minimum Gasteiger partial charge on any atom is -0.383 e. The fourth-order valence-electron chi connectivity index (χ4n) is 2.63. The molecule has 0 saturated carbocycles. The van der Waals surface area contributed by atoms with Gasteiger partial charge in [0, 0.05) is 31.4 Å². The lowest BCUT2D eigenvalue weighted by molar-refractivity contribution is 0.0187. The first kappa shape index (κ1) is 10.1. The second-order valence-corrected chi connectivity index (χ2v) is 4.54. The highest BCUT2D eigenvalue weighted by Crippen LogP contribution is 2.23. The summed E-state index contributed by atoms with van der Waals surface area (Å²) in [4.78, 5) is 2.55. The van der Waals surface area contributed by atoms with Gasteiger partial charge < -0.3 is 10.1 Å². The Morgan fingerprint density at radius 3 is 2.88 bits per heavy atom. The topological polar surface area (TPSA) is 24.5 Å². The van der Waals surface area contributed by atoms with Gasteiger partial charge in [0.05, 0.1) is 13.2 Å². The third-order valence-corrected chi connectivity index (χ3v) is 3.56. The molecule has 0 aromatic heterocycles. The Labute approximate surface area is 96.4 Å². The van der Waals surface area contributed by atoms with Crippen molar-refractivity contribution in [3.8, 4) is 0 Å². The van der Waals surface area contributed by atoms with Gasteiger partial charge in [0.1, 0.15) is 0 Å². The molecule has 1 aromatic carbocycles. The molecule has 86 valence electrons. The van der Waals surface area contributed by atoms with Gasteiger partial charge in [0.15, 0.2) is 0 Å². The van der Waals surface area contributed by atoms with Crippen molar-refractivity contribution in [1.29, 1.82) is 0 Å². The molecular weight excluding hydrogens is 200 g/mol. The standard InChI is InChI=1S/C13H18N2O/c1-2-4-13-11(3-1)9-12(10-14-13)15-5-7-16-8-6-15/h1-4,12,14H,5-10H2/t12-/m0/s1. The molecule has 0 radical (unpaired) electrons. The van der Waals surface area contributed by atoms with E-state index < -0.39 is 0 Å². The molecule has 0 amide bonds. The molecule has 1 fully saturated rings. The van der Waals surface area contributed by atoms with E-state index in [0.29, 0.717) is 6.04 Å². The smallest absolute Gasteiger partial charge is 0.0594 e. The zero-order chi connectivity index (χ0) is 10.8. The molecule has 1 saturated heterocycles. The predicted molar refractivity (Wildman–Crippen MR) is 64.8 cm³/mol. The Morgan fingerprint density at radius 1 is 1.19 bits per heavy atom. The molecule has 2 aliphatic rings. The summed E-state index contributed by atoms with van der Waals surface area (Å²) in [6.45, 7) is 5.00. The van der Waals surface area contributed by atoms with Gasteiger partial charge in [-0.3, -0.25) is 4.90 Å². The highest BCUT2D eigenvalue weighted by Gasteiger charge is 2.24. The molecular formula is C13H18N2O. The van der Waals surface area contributed by atoms with Crippen LogP contribution in [-0.2, 0) is 11.2 Å². The molecule has 3 nitrogen and oxygen atoms in total. The first-order chi connectivity index (χ1) is 7.93. The minimum atomic E-state index is 0.638. The molecule has 3 heteroatoms. The van der Waals surface area contributed by atoms with Crippen LogP contribution in [0, 0.1) is 0 Å². The number of anilines is 1. The van der Waals surface area contributed by atoms with Crippen molar-refractivity contribution >= 4 is 5.69 Å². The van der Waals surface area contributed by atoms with E-state index in [2.05, 4.69) is 34.5 Å². The molecule has 2 aliphatic heterocycles. The Kier molecular flexibility index (Phi) is 2.80. The van der Waals surface area contributed by atoms with E-state index >= 15 is 0 Å². The van der Waals surface area contributed by atoms with Crippen molar-refractivity contribution in [1.82, 2.24) is 4.90 Å². The van der Waals surface area contributed by atoms with Crippen molar-refractivity contribution in [3.63, 3.8) is 0 Å². The number of para-hydroxylation sites is 1. The summed E-state index contributed by atoms with van der Waals surface area (Å²) >= 11 is 0. The molecule has 0 unspecified atom stereocenters. The molecule has 16 heavy (non-hydrogen) atoms. The average Bonchev–Trinajstić information content (AvgIpc) is 2.39. The maximum absolute atomic E-state index is 5.40. The fourth-order valence-corrected chi connectivity index (χ4v) is 2.63. The number of ether oxygens (including phenoxy) is 1. The highest BCUT2D eigenvalue weighted by atomic mass is 16.5. The third-order valence-electron chi connectivity index (χ3n) is 3.56. The van der Waals surface area contributed by atoms with Crippen molar-refractivity contribution in [2.75, 3.05) is 38.2 Å². The van der Waals surface area contributed by atoms with Crippen LogP contribution < -0.4 is 5.32 Å². The zero-order valence-electron chi connectivity index (χ0n) is 9.48. The first-order valence-corrected chi connectivity index (χ1v) is 6.07. The van der Waals surface area contributed by atoms with Gasteiger partial charge in [0.2, 0.25) is 0 Å². The van der Waals surface area contributed by atoms with Gasteiger partial charge in [-0.15, -0.1) is 0 Å². The molecule has 0 aliphatic carbocycles. The second kappa shape index (κ2) is 4.44. The van der Waals surface area contributed by atoms with Crippen LogP contribution in [0.1, 0.15) is 5.56 Å². The number of benzene rings is 1. The van der Waals surface area contributed by atoms with Gasteiger partial charge in [-0.25, -0.2) is 0 Å². The SMILES string of the molecule is c1ccc2c(c1)C[C@H](N1CCOCC1)CN2. The Bertz CT molecular complexity index is 361. The Balaban J connectivity index is 1.72. The van der Waals surface area contributed by atoms with Gasteiger partial charge >= 0.3 is 0 Å². The van der Waals surface area contributed by atoms with E-state index in [1.54, 1.807) is 0 Å². The van der Waals surface area contributed by atoms with Crippen LogP contribution in [-0.4, -0.2) is 43.8 Å². The summed E-state index contributed by atoms with van der Waals surface area (Å²) in [7, 11) is 0. The highest BCUT2D eigenvalue weighted by molar-refractivity contribution is 5.53. The van der Waals surface area contributed by atoms with Gasteiger partial charge in [-0.05, 0) is 18.1 Å². The van der Waals surface area contributed by atoms with Gasteiger partial charge in [0.25, 0.3) is 0 Å². The van der Waals surface area contributed by atoms with E-state index in [-0.39, 0.29) is 0 Å². The lowest BCUT2D eigenvalue weighted by Crippen LogP contribution is -2.49. The Hall–Kier alpha value is -1.06. The van der Waals surface area contributed by atoms with Crippen LogP contribution in [0.15, 0.2) is 24.3 Å². The molecule has 2 heterocycles. The van der Waals surface area contributed by atoms with Crippen molar-refractivity contribution in [2.24, 2.45) is 0 Å². The molecule has 1 aromatic rings. The van der Waals surface area contributed by atoms with E-state index in [1.807, 2.05) is 0 Å².